The molecule has 2 N–H and O–H groups in total. The Morgan fingerprint density at radius 1 is 0.880 bits per heavy atom. The second kappa shape index (κ2) is 8.73. The maximum atomic E-state index is 12.4. The molecule has 2 rings (SSSR count). The minimum atomic E-state index is -0.253. The van der Waals surface area contributed by atoms with E-state index < -0.39 is 0 Å². The van der Waals surface area contributed by atoms with Crippen LogP contribution in [-0.4, -0.2) is 25.0 Å². The molecule has 0 saturated heterocycles. The fourth-order valence-electron chi connectivity index (χ4n) is 2.28. The van der Waals surface area contributed by atoms with Crippen molar-refractivity contribution in [2.45, 2.75) is 20.8 Å². The SMILES string of the molecule is CCOc1cc(NC(=O)c2ccccc2)c(OCC)cc1NC(C)=O. The zero-order valence-corrected chi connectivity index (χ0v) is 14.6. The smallest absolute Gasteiger partial charge is 0.255 e. The molecule has 0 aromatic heterocycles. The van der Waals surface area contributed by atoms with Crippen molar-refractivity contribution in [3.05, 3.63) is 48.0 Å². The molecule has 0 saturated carbocycles. The van der Waals surface area contributed by atoms with E-state index in [2.05, 4.69) is 10.6 Å². The largest absolute Gasteiger partial charge is 0.492 e. The van der Waals surface area contributed by atoms with Crippen LogP contribution < -0.4 is 20.1 Å². The number of benzene rings is 2. The van der Waals surface area contributed by atoms with E-state index in [0.717, 1.165) is 0 Å². The van der Waals surface area contributed by atoms with Crippen LogP contribution in [-0.2, 0) is 4.79 Å². The van der Waals surface area contributed by atoms with Gasteiger partial charge in [0, 0.05) is 24.6 Å². The first kappa shape index (κ1) is 18.3. The number of rotatable bonds is 7. The van der Waals surface area contributed by atoms with Gasteiger partial charge in [-0.15, -0.1) is 0 Å². The lowest BCUT2D eigenvalue weighted by atomic mass is 10.2. The maximum Gasteiger partial charge on any atom is 0.255 e. The summed E-state index contributed by atoms with van der Waals surface area (Å²) in [6, 6.07) is 12.2. The summed E-state index contributed by atoms with van der Waals surface area (Å²) in [4.78, 5) is 23.8. The Morgan fingerprint density at radius 3 is 1.88 bits per heavy atom. The number of nitrogens with one attached hydrogen (secondary N) is 2. The van der Waals surface area contributed by atoms with Gasteiger partial charge in [0.1, 0.15) is 11.5 Å². The Labute approximate surface area is 147 Å². The van der Waals surface area contributed by atoms with Gasteiger partial charge in [0.15, 0.2) is 0 Å². The first-order chi connectivity index (χ1) is 12.0. The first-order valence-electron chi connectivity index (χ1n) is 8.12. The Balaban J connectivity index is 2.38. The standard InChI is InChI=1S/C19H22N2O4/c1-4-24-17-12-16(21-19(23)14-9-7-6-8-10-14)18(25-5-2)11-15(17)20-13(3)22/h6-12H,4-5H2,1-3H3,(H,20,22)(H,21,23). The molecule has 0 aliphatic heterocycles. The number of carbonyl (C=O) groups is 2. The van der Waals surface area contributed by atoms with Gasteiger partial charge < -0.3 is 20.1 Å². The van der Waals surface area contributed by atoms with Crippen LogP contribution in [0, 0.1) is 0 Å². The fraction of sp³-hybridized carbons (Fsp3) is 0.263. The third-order valence-corrected chi connectivity index (χ3v) is 3.28. The lowest BCUT2D eigenvalue weighted by Crippen LogP contribution is -2.14. The molecule has 0 heterocycles. The highest BCUT2D eigenvalue weighted by molar-refractivity contribution is 6.05. The van der Waals surface area contributed by atoms with Crippen molar-refractivity contribution in [2.24, 2.45) is 0 Å². The minimum Gasteiger partial charge on any atom is -0.492 e. The molecule has 0 fully saturated rings. The van der Waals surface area contributed by atoms with Gasteiger partial charge in [0.25, 0.3) is 5.91 Å². The van der Waals surface area contributed by atoms with Crippen molar-refractivity contribution < 1.29 is 19.1 Å². The molecule has 0 aliphatic rings. The normalized spacial score (nSPS) is 10.0. The summed E-state index contributed by atoms with van der Waals surface area (Å²) in [6.07, 6.45) is 0. The van der Waals surface area contributed by atoms with Gasteiger partial charge in [-0.05, 0) is 26.0 Å². The van der Waals surface area contributed by atoms with Crippen molar-refractivity contribution in [3.63, 3.8) is 0 Å². The van der Waals surface area contributed by atoms with E-state index in [1.807, 2.05) is 19.9 Å². The Hall–Kier alpha value is -3.02. The molecular formula is C19H22N2O4. The van der Waals surface area contributed by atoms with Gasteiger partial charge in [0.05, 0.1) is 24.6 Å². The van der Waals surface area contributed by atoms with E-state index in [-0.39, 0.29) is 11.8 Å². The molecule has 0 radical (unpaired) electrons. The van der Waals surface area contributed by atoms with Crippen molar-refractivity contribution in [3.8, 4) is 11.5 Å². The quantitative estimate of drug-likeness (QED) is 0.804. The number of carbonyl (C=O) groups excluding carboxylic acids is 2. The van der Waals surface area contributed by atoms with E-state index in [4.69, 9.17) is 9.47 Å². The molecule has 2 aromatic carbocycles. The summed E-state index contributed by atoms with van der Waals surface area (Å²) in [5.41, 5.74) is 1.51. The van der Waals surface area contributed by atoms with Gasteiger partial charge in [-0.2, -0.15) is 0 Å². The second-order valence-corrected chi connectivity index (χ2v) is 5.21. The van der Waals surface area contributed by atoms with Crippen LogP contribution in [0.3, 0.4) is 0 Å². The number of hydrogen-bond acceptors (Lipinski definition) is 4. The van der Waals surface area contributed by atoms with E-state index in [1.54, 1.807) is 36.4 Å². The molecule has 132 valence electrons. The van der Waals surface area contributed by atoms with Gasteiger partial charge in [-0.3, -0.25) is 9.59 Å². The fourth-order valence-corrected chi connectivity index (χ4v) is 2.28. The van der Waals surface area contributed by atoms with Gasteiger partial charge in [-0.25, -0.2) is 0 Å². The van der Waals surface area contributed by atoms with Crippen LogP contribution in [0.15, 0.2) is 42.5 Å². The second-order valence-electron chi connectivity index (χ2n) is 5.21. The summed E-state index contributed by atoms with van der Waals surface area (Å²) in [5.74, 6) is 0.448. The van der Waals surface area contributed by atoms with Gasteiger partial charge in [0.2, 0.25) is 5.91 Å². The van der Waals surface area contributed by atoms with Crippen LogP contribution in [0.2, 0.25) is 0 Å². The predicted octanol–water partition coefficient (Wildman–Crippen LogP) is 3.69. The molecule has 6 heteroatoms. The van der Waals surface area contributed by atoms with Crippen LogP contribution in [0.5, 0.6) is 11.5 Å². The molecule has 0 spiro atoms. The van der Waals surface area contributed by atoms with E-state index in [9.17, 15) is 9.59 Å². The number of ether oxygens (including phenoxy) is 2. The average molecular weight is 342 g/mol. The average Bonchev–Trinajstić information content (AvgIpc) is 2.59. The number of amides is 2. The molecule has 2 aromatic rings. The minimum absolute atomic E-state index is 0.218. The van der Waals surface area contributed by atoms with Gasteiger partial charge >= 0.3 is 0 Å². The molecule has 0 unspecified atom stereocenters. The lowest BCUT2D eigenvalue weighted by molar-refractivity contribution is -0.114. The molecule has 6 nitrogen and oxygen atoms in total. The molecule has 0 atom stereocenters. The van der Waals surface area contributed by atoms with Crippen molar-refractivity contribution in [1.29, 1.82) is 0 Å². The highest BCUT2D eigenvalue weighted by Gasteiger charge is 2.16. The molecule has 0 bridgehead atoms. The number of anilines is 2. The molecular weight excluding hydrogens is 320 g/mol. The Kier molecular flexibility index (Phi) is 6.39. The summed E-state index contributed by atoms with van der Waals surface area (Å²) < 4.78 is 11.2. The van der Waals surface area contributed by atoms with Crippen LogP contribution >= 0.6 is 0 Å². The monoisotopic (exact) mass is 342 g/mol. The third kappa shape index (κ3) is 4.97. The summed E-state index contributed by atoms with van der Waals surface area (Å²) in [7, 11) is 0. The highest BCUT2D eigenvalue weighted by atomic mass is 16.5. The van der Waals surface area contributed by atoms with Crippen LogP contribution in [0.1, 0.15) is 31.1 Å². The van der Waals surface area contributed by atoms with Crippen molar-refractivity contribution in [2.75, 3.05) is 23.8 Å². The first-order valence-corrected chi connectivity index (χ1v) is 8.12. The molecule has 0 aliphatic carbocycles. The van der Waals surface area contributed by atoms with Crippen molar-refractivity contribution in [1.82, 2.24) is 0 Å². The van der Waals surface area contributed by atoms with E-state index in [1.165, 1.54) is 6.92 Å². The third-order valence-electron chi connectivity index (χ3n) is 3.28. The summed E-state index contributed by atoms with van der Waals surface area (Å²) in [5, 5.41) is 5.55. The number of hydrogen-bond donors (Lipinski definition) is 2. The Morgan fingerprint density at radius 2 is 1.40 bits per heavy atom. The van der Waals surface area contributed by atoms with Gasteiger partial charge in [-0.1, -0.05) is 18.2 Å². The maximum absolute atomic E-state index is 12.4. The highest BCUT2D eigenvalue weighted by Crippen LogP contribution is 2.37. The zero-order valence-electron chi connectivity index (χ0n) is 14.6. The zero-order chi connectivity index (χ0) is 18.2. The topological polar surface area (TPSA) is 76.7 Å². The van der Waals surface area contributed by atoms with Crippen LogP contribution in [0.4, 0.5) is 11.4 Å². The summed E-state index contributed by atoms with van der Waals surface area (Å²) >= 11 is 0. The lowest BCUT2D eigenvalue weighted by Gasteiger charge is -2.17. The van der Waals surface area contributed by atoms with Crippen molar-refractivity contribution >= 4 is 23.2 Å². The van der Waals surface area contributed by atoms with E-state index >= 15 is 0 Å². The van der Waals surface area contributed by atoms with E-state index in [0.29, 0.717) is 41.7 Å². The Bertz CT molecular complexity index is 745. The van der Waals surface area contributed by atoms with Crippen LogP contribution in [0.25, 0.3) is 0 Å². The summed E-state index contributed by atoms with van der Waals surface area (Å²) in [6.45, 7) is 5.95. The molecule has 2 amide bonds. The molecule has 25 heavy (non-hydrogen) atoms. The predicted molar refractivity (Wildman–Crippen MR) is 97.5 cm³/mol.